The van der Waals surface area contributed by atoms with Gasteiger partial charge in [-0.3, -0.25) is 4.79 Å². The molecule has 1 aliphatic rings. The lowest BCUT2D eigenvalue weighted by molar-refractivity contribution is -0.122. The van der Waals surface area contributed by atoms with Gasteiger partial charge >= 0.3 is 0 Å². The summed E-state index contributed by atoms with van der Waals surface area (Å²) in [6.07, 6.45) is 5.25. The Labute approximate surface area is 54.9 Å². The quantitative estimate of drug-likeness (QED) is 0.473. The van der Waals surface area contributed by atoms with Gasteiger partial charge in [0.05, 0.1) is 0 Å². The third-order valence-electron chi connectivity index (χ3n) is 1.40. The molecule has 0 unspecified atom stereocenters. The molecule has 1 aliphatic carbocycles. The van der Waals surface area contributed by atoms with Crippen molar-refractivity contribution in [3.63, 3.8) is 0 Å². The molecule has 0 bridgehead atoms. The monoisotopic (exact) mass is 131 g/mol. The second kappa shape index (κ2) is 5.56. The first-order chi connectivity index (χ1) is 4.31. The highest BCUT2D eigenvalue weighted by Crippen LogP contribution is 2.14. The Kier molecular flexibility index (Phi) is 5.21. The predicted octanol–water partition coefficient (Wildman–Crippen LogP) is 0.588. The van der Waals surface area contributed by atoms with E-state index in [4.69, 9.17) is 15.6 Å². The van der Waals surface area contributed by atoms with Gasteiger partial charge in [-0.15, -0.1) is 0 Å². The fourth-order valence-corrected chi connectivity index (χ4v) is 0.957. The van der Waals surface area contributed by atoms with E-state index >= 15 is 0 Å². The van der Waals surface area contributed by atoms with Gasteiger partial charge in [0.1, 0.15) is 0 Å². The third-order valence-corrected chi connectivity index (χ3v) is 1.40. The van der Waals surface area contributed by atoms with Gasteiger partial charge in [0.2, 0.25) is 0 Å². The minimum Gasteiger partial charge on any atom is -0.483 e. The highest BCUT2D eigenvalue weighted by Gasteiger charge is 2.07. The van der Waals surface area contributed by atoms with Crippen molar-refractivity contribution in [3.8, 4) is 0 Å². The SMILES string of the molecule is NC1CCCC1.O=CO. The summed E-state index contributed by atoms with van der Waals surface area (Å²) in [5, 5.41) is 6.89. The highest BCUT2D eigenvalue weighted by atomic mass is 16.3. The summed E-state index contributed by atoms with van der Waals surface area (Å²) >= 11 is 0. The van der Waals surface area contributed by atoms with E-state index in [1.54, 1.807) is 0 Å². The minimum atomic E-state index is -0.250. The molecule has 0 aromatic rings. The Morgan fingerprint density at radius 2 is 1.78 bits per heavy atom. The largest absolute Gasteiger partial charge is 0.483 e. The van der Waals surface area contributed by atoms with Crippen molar-refractivity contribution in [1.29, 1.82) is 0 Å². The number of nitrogens with two attached hydrogens (primary N) is 1. The molecular weight excluding hydrogens is 118 g/mol. The van der Waals surface area contributed by atoms with Crippen LogP contribution in [-0.2, 0) is 4.79 Å². The molecule has 3 heteroatoms. The fraction of sp³-hybridized carbons (Fsp3) is 0.833. The number of rotatable bonds is 0. The van der Waals surface area contributed by atoms with Gasteiger partial charge in [-0.1, -0.05) is 12.8 Å². The van der Waals surface area contributed by atoms with Crippen molar-refractivity contribution in [2.75, 3.05) is 0 Å². The van der Waals surface area contributed by atoms with Crippen LogP contribution in [0, 0.1) is 0 Å². The third kappa shape index (κ3) is 5.30. The van der Waals surface area contributed by atoms with Crippen LogP contribution in [0.15, 0.2) is 0 Å². The van der Waals surface area contributed by atoms with Crippen LogP contribution in [0.4, 0.5) is 0 Å². The van der Waals surface area contributed by atoms with Gasteiger partial charge < -0.3 is 10.8 Å². The lowest BCUT2D eigenvalue weighted by atomic mass is 10.3. The summed E-state index contributed by atoms with van der Waals surface area (Å²) in [6.45, 7) is -0.250. The van der Waals surface area contributed by atoms with E-state index in [2.05, 4.69) is 0 Å². The average molecular weight is 131 g/mol. The molecule has 0 spiro atoms. The minimum absolute atomic E-state index is 0.250. The highest BCUT2D eigenvalue weighted by molar-refractivity contribution is 5.32. The zero-order valence-electron chi connectivity index (χ0n) is 5.42. The molecule has 0 atom stereocenters. The Morgan fingerprint density at radius 1 is 1.44 bits per heavy atom. The molecule has 1 saturated carbocycles. The van der Waals surface area contributed by atoms with Crippen molar-refractivity contribution >= 4 is 6.47 Å². The average Bonchev–Trinajstić information content (AvgIpc) is 2.20. The van der Waals surface area contributed by atoms with Crippen molar-refractivity contribution in [3.05, 3.63) is 0 Å². The van der Waals surface area contributed by atoms with E-state index in [-0.39, 0.29) is 6.47 Å². The Hall–Kier alpha value is -0.570. The molecule has 0 aromatic heterocycles. The summed E-state index contributed by atoms with van der Waals surface area (Å²) in [7, 11) is 0. The number of hydrogen-bond acceptors (Lipinski definition) is 2. The number of carboxylic acid groups (broad SMARTS) is 1. The summed E-state index contributed by atoms with van der Waals surface area (Å²) in [4.78, 5) is 8.36. The molecule has 0 heterocycles. The van der Waals surface area contributed by atoms with Crippen LogP contribution in [0.1, 0.15) is 25.7 Å². The molecule has 3 N–H and O–H groups in total. The van der Waals surface area contributed by atoms with Gasteiger partial charge in [-0.05, 0) is 12.8 Å². The van der Waals surface area contributed by atoms with Gasteiger partial charge in [0.25, 0.3) is 6.47 Å². The summed E-state index contributed by atoms with van der Waals surface area (Å²) in [5.74, 6) is 0. The molecular formula is C6H13NO2. The zero-order chi connectivity index (χ0) is 7.11. The molecule has 0 amide bonds. The molecule has 9 heavy (non-hydrogen) atoms. The Morgan fingerprint density at radius 3 is 1.89 bits per heavy atom. The molecule has 0 aromatic carbocycles. The van der Waals surface area contributed by atoms with Crippen molar-refractivity contribution in [2.24, 2.45) is 5.73 Å². The van der Waals surface area contributed by atoms with E-state index < -0.39 is 0 Å². The fourth-order valence-electron chi connectivity index (χ4n) is 0.957. The topological polar surface area (TPSA) is 63.3 Å². The second-order valence-electron chi connectivity index (χ2n) is 2.15. The lowest BCUT2D eigenvalue weighted by Crippen LogP contribution is -2.13. The van der Waals surface area contributed by atoms with E-state index in [9.17, 15) is 0 Å². The normalized spacial score (nSPS) is 18.3. The van der Waals surface area contributed by atoms with Gasteiger partial charge in [-0.2, -0.15) is 0 Å². The van der Waals surface area contributed by atoms with Crippen LogP contribution < -0.4 is 5.73 Å². The van der Waals surface area contributed by atoms with Crippen LogP contribution >= 0.6 is 0 Å². The van der Waals surface area contributed by atoms with E-state index in [1.165, 1.54) is 25.7 Å². The second-order valence-corrected chi connectivity index (χ2v) is 2.15. The van der Waals surface area contributed by atoms with Crippen LogP contribution in [0.2, 0.25) is 0 Å². The summed E-state index contributed by atoms with van der Waals surface area (Å²) in [6, 6.07) is 0.546. The smallest absolute Gasteiger partial charge is 0.290 e. The van der Waals surface area contributed by atoms with Crippen LogP contribution in [0.3, 0.4) is 0 Å². The molecule has 1 fully saturated rings. The molecule has 0 radical (unpaired) electrons. The first kappa shape index (κ1) is 8.43. The maximum absolute atomic E-state index is 8.36. The lowest BCUT2D eigenvalue weighted by Gasteiger charge is -1.92. The maximum Gasteiger partial charge on any atom is 0.290 e. The van der Waals surface area contributed by atoms with Crippen LogP contribution in [0.5, 0.6) is 0 Å². The molecule has 0 saturated heterocycles. The van der Waals surface area contributed by atoms with E-state index in [0.717, 1.165) is 0 Å². The van der Waals surface area contributed by atoms with Crippen LogP contribution in [0.25, 0.3) is 0 Å². The van der Waals surface area contributed by atoms with Gasteiger partial charge in [-0.25, -0.2) is 0 Å². The molecule has 3 nitrogen and oxygen atoms in total. The Bertz CT molecular complexity index is 69.5. The molecule has 1 rings (SSSR count). The van der Waals surface area contributed by atoms with Gasteiger partial charge in [0, 0.05) is 6.04 Å². The summed E-state index contributed by atoms with van der Waals surface area (Å²) in [5.41, 5.74) is 5.53. The number of hydrogen-bond donors (Lipinski definition) is 2. The van der Waals surface area contributed by atoms with Gasteiger partial charge in [0.15, 0.2) is 0 Å². The maximum atomic E-state index is 8.36. The molecule has 0 aliphatic heterocycles. The van der Waals surface area contributed by atoms with Crippen molar-refractivity contribution in [2.45, 2.75) is 31.7 Å². The van der Waals surface area contributed by atoms with E-state index in [1.807, 2.05) is 0 Å². The van der Waals surface area contributed by atoms with Crippen LogP contribution in [-0.4, -0.2) is 17.6 Å². The Balaban J connectivity index is 0.000000187. The summed E-state index contributed by atoms with van der Waals surface area (Å²) < 4.78 is 0. The molecule has 54 valence electrons. The van der Waals surface area contributed by atoms with Crippen molar-refractivity contribution in [1.82, 2.24) is 0 Å². The van der Waals surface area contributed by atoms with E-state index in [0.29, 0.717) is 6.04 Å². The number of carbonyl (C=O) groups is 1. The van der Waals surface area contributed by atoms with Crippen molar-refractivity contribution < 1.29 is 9.90 Å². The standard InChI is InChI=1S/C5H11N.CH2O2/c6-5-3-1-2-4-5;2-1-3/h5H,1-4,6H2;1H,(H,2,3). The predicted molar refractivity (Wildman–Crippen MR) is 35.1 cm³/mol. The first-order valence-corrected chi connectivity index (χ1v) is 3.14. The first-order valence-electron chi connectivity index (χ1n) is 3.14. The zero-order valence-corrected chi connectivity index (χ0v) is 5.42.